The molecule has 0 aliphatic heterocycles. The Labute approximate surface area is 136 Å². The molecule has 0 heterocycles. The molecule has 0 saturated heterocycles. The number of non-ortho nitro benzene ring substituents is 1. The first kappa shape index (κ1) is 16.9. The third kappa shape index (κ3) is 4.50. The molecule has 0 aliphatic rings. The van der Waals surface area contributed by atoms with Crippen molar-refractivity contribution < 1.29 is 19.2 Å². The minimum atomic E-state index is -0.914. The number of nitro groups is 1. The molecule has 124 valence electrons. The molecule has 0 bridgehead atoms. The second-order valence-corrected chi connectivity index (χ2v) is 4.66. The van der Waals surface area contributed by atoms with Crippen LogP contribution in [-0.2, 0) is 11.3 Å². The lowest BCUT2D eigenvalue weighted by Gasteiger charge is -2.09. The van der Waals surface area contributed by atoms with E-state index < -0.39 is 11.1 Å². The fourth-order valence-electron chi connectivity index (χ4n) is 1.76. The largest absolute Gasteiger partial charge is 0.514 e. The Morgan fingerprint density at radius 1 is 1.17 bits per heavy atom. The molecule has 0 aliphatic carbocycles. The monoisotopic (exact) mass is 331 g/mol. The molecule has 0 radical (unpaired) electrons. The first-order chi connectivity index (χ1) is 11.5. The van der Waals surface area contributed by atoms with Crippen molar-refractivity contribution in [2.45, 2.75) is 6.61 Å². The van der Waals surface area contributed by atoms with Gasteiger partial charge in [-0.2, -0.15) is 0 Å². The first-order valence-electron chi connectivity index (χ1n) is 6.74. The van der Waals surface area contributed by atoms with E-state index in [1.807, 2.05) is 0 Å². The van der Waals surface area contributed by atoms with Gasteiger partial charge >= 0.3 is 6.16 Å². The molecule has 2 aromatic carbocycles. The first-order valence-corrected chi connectivity index (χ1v) is 6.74. The van der Waals surface area contributed by atoms with Gasteiger partial charge in [0.2, 0.25) is 0 Å². The summed E-state index contributed by atoms with van der Waals surface area (Å²) in [5.74, 6) is 0.242. The van der Waals surface area contributed by atoms with Crippen LogP contribution in [0.25, 0.3) is 0 Å². The van der Waals surface area contributed by atoms with Crippen molar-refractivity contribution in [1.82, 2.24) is 0 Å². The number of ether oxygens (including phenoxy) is 2. The lowest BCUT2D eigenvalue weighted by atomic mass is 10.2. The Hall–Kier alpha value is -3.49. The highest BCUT2D eigenvalue weighted by molar-refractivity contribution is 5.64. The van der Waals surface area contributed by atoms with Crippen molar-refractivity contribution in [2.75, 3.05) is 12.1 Å². The smallest absolute Gasteiger partial charge is 0.429 e. The summed E-state index contributed by atoms with van der Waals surface area (Å²) in [5, 5.41) is 14.4. The van der Waals surface area contributed by atoms with E-state index >= 15 is 0 Å². The van der Waals surface area contributed by atoms with Crippen LogP contribution in [0.3, 0.4) is 0 Å². The average Bonchev–Trinajstić information content (AvgIpc) is 2.60. The van der Waals surface area contributed by atoms with Crippen molar-refractivity contribution >= 4 is 17.5 Å². The third-order valence-corrected chi connectivity index (χ3v) is 3.04. The summed E-state index contributed by atoms with van der Waals surface area (Å²) in [6, 6.07) is 11.7. The van der Waals surface area contributed by atoms with Crippen LogP contribution in [0.15, 0.2) is 53.8 Å². The summed E-state index contributed by atoms with van der Waals surface area (Å²) in [4.78, 5) is 32.0. The Kier molecular flexibility index (Phi) is 5.40. The maximum atomic E-state index is 11.6. The standard InChI is InChI=1S/C15H13N3O6/c1-17(16-20)12-6-8-14(9-7-12)24-15(19)23-10-11-2-4-13(5-3-11)18(21)22/h2-9H,10H2,1H3. The van der Waals surface area contributed by atoms with E-state index in [-0.39, 0.29) is 18.0 Å². The van der Waals surface area contributed by atoms with E-state index in [9.17, 15) is 19.8 Å². The van der Waals surface area contributed by atoms with Crippen LogP contribution in [-0.4, -0.2) is 18.1 Å². The lowest BCUT2D eigenvalue weighted by molar-refractivity contribution is -0.384. The Balaban J connectivity index is 1.86. The molecule has 0 atom stereocenters. The molecule has 9 heteroatoms. The topological polar surface area (TPSA) is 111 Å². The van der Waals surface area contributed by atoms with E-state index in [0.29, 0.717) is 11.3 Å². The summed E-state index contributed by atoms with van der Waals surface area (Å²) in [6.45, 7) is -0.0767. The number of nitrogens with zero attached hydrogens (tertiary/aromatic N) is 3. The van der Waals surface area contributed by atoms with E-state index in [1.165, 1.54) is 43.4 Å². The van der Waals surface area contributed by atoms with Gasteiger partial charge in [0.1, 0.15) is 12.4 Å². The van der Waals surface area contributed by atoms with Gasteiger partial charge in [-0.3, -0.25) is 10.1 Å². The average molecular weight is 331 g/mol. The summed E-state index contributed by atoms with van der Waals surface area (Å²) in [6.07, 6.45) is -0.914. The molecule has 2 rings (SSSR count). The fourth-order valence-corrected chi connectivity index (χ4v) is 1.76. The molecular weight excluding hydrogens is 318 g/mol. The molecule has 0 spiro atoms. The zero-order chi connectivity index (χ0) is 17.5. The number of carbonyl (C=O) groups excluding carboxylic acids is 1. The van der Waals surface area contributed by atoms with Gasteiger partial charge in [-0.05, 0) is 42.0 Å². The van der Waals surface area contributed by atoms with Gasteiger partial charge in [-0.15, -0.1) is 4.91 Å². The maximum absolute atomic E-state index is 11.6. The number of benzene rings is 2. The van der Waals surface area contributed by atoms with E-state index in [0.717, 1.165) is 5.01 Å². The van der Waals surface area contributed by atoms with Crippen molar-refractivity contribution in [3.05, 3.63) is 69.1 Å². The zero-order valence-electron chi connectivity index (χ0n) is 12.6. The van der Waals surface area contributed by atoms with E-state index in [2.05, 4.69) is 5.29 Å². The van der Waals surface area contributed by atoms with Crippen LogP contribution in [0.2, 0.25) is 0 Å². The van der Waals surface area contributed by atoms with Gasteiger partial charge < -0.3 is 9.47 Å². The number of rotatable bonds is 6. The fraction of sp³-hybridized carbons (Fsp3) is 0.133. The minimum Gasteiger partial charge on any atom is -0.429 e. The van der Waals surface area contributed by atoms with Crippen molar-refractivity contribution in [3.63, 3.8) is 0 Å². The van der Waals surface area contributed by atoms with Crippen LogP contribution in [0.5, 0.6) is 5.75 Å². The predicted molar refractivity (Wildman–Crippen MR) is 84.5 cm³/mol. The van der Waals surface area contributed by atoms with Gasteiger partial charge in [0.15, 0.2) is 0 Å². The van der Waals surface area contributed by atoms with Crippen molar-refractivity contribution in [1.29, 1.82) is 0 Å². The Bertz CT molecular complexity index is 730. The Morgan fingerprint density at radius 2 is 1.79 bits per heavy atom. The zero-order valence-corrected chi connectivity index (χ0v) is 12.6. The highest BCUT2D eigenvalue weighted by Gasteiger charge is 2.09. The van der Waals surface area contributed by atoms with Crippen molar-refractivity contribution in [3.8, 4) is 5.75 Å². The normalized spacial score (nSPS) is 9.88. The molecule has 0 aromatic heterocycles. The Morgan fingerprint density at radius 3 is 2.33 bits per heavy atom. The third-order valence-electron chi connectivity index (χ3n) is 3.04. The molecule has 9 nitrogen and oxygen atoms in total. The van der Waals surface area contributed by atoms with Gasteiger partial charge in [-0.25, -0.2) is 9.80 Å². The van der Waals surface area contributed by atoms with Crippen LogP contribution in [0.1, 0.15) is 5.56 Å². The van der Waals surface area contributed by atoms with Gasteiger partial charge in [0, 0.05) is 19.2 Å². The summed E-state index contributed by atoms with van der Waals surface area (Å²) in [7, 11) is 1.49. The van der Waals surface area contributed by atoms with Crippen LogP contribution >= 0.6 is 0 Å². The van der Waals surface area contributed by atoms with Crippen LogP contribution in [0.4, 0.5) is 16.2 Å². The predicted octanol–water partition coefficient (Wildman–Crippen LogP) is 3.43. The molecule has 0 unspecified atom stereocenters. The van der Waals surface area contributed by atoms with Crippen LogP contribution in [0, 0.1) is 15.0 Å². The molecule has 2 aromatic rings. The number of nitroso groups, excluding NO2 is 1. The van der Waals surface area contributed by atoms with Crippen LogP contribution < -0.4 is 9.75 Å². The number of nitro benzene ring substituents is 1. The van der Waals surface area contributed by atoms with Gasteiger partial charge in [0.05, 0.1) is 15.9 Å². The quantitative estimate of drug-likeness (QED) is 0.262. The SMILES string of the molecule is CN(N=O)c1ccc(OC(=O)OCc2ccc([N+](=O)[O-])cc2)cc1. The summed E-state index contributed by atoms with van der Waals surface area (Å²) < 4.78 is 9.89. The highest BCUT2D eigenvalue weighted by Crippen LogP contribution is 2.19. The van der Waals surface area contributed by atoms with E-state index in [1.54, 1.807) is 12.1 Å². The molecule has 0 fully saturated rings. The molecule has 0 N–H and O–H groups in total. The van der Waals surface area contributed by atoms with E-state index in [4.69, 9.17) is 9.47 Å². The molecular formula is C15H13N3O6. The number of hydrogen-bond acceptors (Lipinski definition) is 7. The molecule has 0 amide bonds. The summed E-state index contributed by atoms with van der Waals surface area (Å²) in [5.41, 5.74) is 1.08. The lowest BCUT2D eigenvalue weighted by Crippen LogP contribution is -2.11. The number of hydrogen-bond donors (Lipinski definition) is 0. The summed E-state index contributed by atoms with van der Waals surface area (Å²) >= 11 is 0. The second kappa shape index (κ2) is 7.68. The second-order valence-electron chi connectivity index (χ2n) is 4.66. The maximum Gasteiger partial charge on any atom is 0.514 e. The number of carbonyl (C=O) groups is 1. The number of anilines is 1. The highest BCUT2D eigenvalue weighted by atomic mass is 16.7. The molecule has 24 heavy (non-hydrogen) atoms. The molecule has 0 saturated carbocycles. The van der Waals surface area contributed by atoms with Crippen molar-refractivity contribution in [2.24, 2.45) is 5.29 Å². The minimum absolute atomic E-state index is 0.0452. The van der Waals surface area contributed by atoms with Gasteiger partial charge in [-0.1, -0.05) is 0 Å². The van der Waals surface area contributed by atoms with Gasteiger partial charge in [0.25, 0.3) is 5.69 Å².